The van der Waals surface area contributed by atoms with Crippen LogP contribution >= 0.6 is 0 Å². The number of aliphatic hydroxyl groups is 2. The van der Waals surface area contributed by atoms with Crippen LogP contribution in [0.4, 0.5) is 0 Å². The minimum atomic E-state index is -2.43. The Morgan fingerprint density at radius 1 is 1.20 bits per heavy atom. The van der Waals surface area contributed by atoms with Crippen LogP contribution in [0.3, 0.4) is 0 Å². The zero-order valence-electron chi connectivity index (χ0n) is 11.7. The Bertz CT molecular complexity index is 420. The number of allylic oxidation sites excluding steroid dienone is 2. The minimum absolute atomic E-state index is 0.153. The predicted octanol–water partition coefficient (Wildman–Crippen LogP) is 1.79. The zero-order valence-corrected chi connectivity index (χ0v) is 11.7. The molecule has 0 amide bonds. The molecule has 1 aliphatic rings. The lowest BCUT2D eigenvalue weighted by Crippen LogP contribution is -2.41. The van der Waals surface area contributed by atoms with Crippen LogP contribution in [-0.2, 0) is 9.59 Å². The maximum atomic E-state index is 11.9. The van der Waals surface area contributed by atoms with Crippen LogP contribution in [0.5, 0.6) is 0 Å². The molecule has 0 aromatic carbocycles. The molecule has 0 aromatic heterocycles. The van der Waals surface area contributed by atoms with E-state index in [1.54, 1.807) is 0 Å². The molecule has 1 rings (SSSR count). The van der Waals surface area contributed by atoms with E-state index in [1.165, 1.54) is 6.08 Å². The Hall–Kier alpha value is -1.46. The van der Waals surface area contributed by atoms with Gasteiger partial charge in [-0.15, -0.1) is 0 Å². The molecule has 0 aromatic rings. The van der Waals surface area contributed by atoms with Crippen molar-refractivity contribution in [2.24, 2.45) is 5.92 Å². The average molecular weight is 282 g/mol. The van der Waals surface area contributed by atoms with Gasteiger partial charge in [0, 0.05) is 12.0 Å². The molecular formula is C15H22O5. The molecule has 0 radical (unpaired) electrons. The molecule has 1 unspecified atom stereocenters. The van der Waals surface area contributed by atoms with E-state index in [1.807, 2.05) is 0 Å². The monoisotopic (exact) mass is 282 g/mol. The van der Waals surface area contributed by atoms with Crippen molar-refractivity contribution in [1.29, 1.82) is 0 Å². The van der Waals surface area contributed by atoms with Crippen molar-refractivity contribution in [2.45, 2.75) is 51.2 Å². The number of ketones is 1. The normalized spacial score (nSPS) is 20.6. The largest absolute Gasteiger partial charge is 0.481 e. The van der Waals surface area contributed by atoms with Crippen molar-refractivity contribution < 1.29 is 24.9 Å². The third-order valence-electron chi connectivity index (χ3n) is 3.41. The summed E-state index contributed by atoms with van der Waals surface area (Å²) in [5.74, 6) is -5.46. The number of carboxylic acid groups (broad SMARTS) is 1. The van der Waals surface area contributed by atoms with Gasteiger partial charge in [-0.05, 0) is 12.5 Å². The fourth-order valence-electron chi connectivity index (χ4n) is 2.15. The van der Waals surface area contributed by atoms with E-state index < -0.39 is 17.7 Å². The summed E-state index contributed by atoms with van der Waals surface area (Å²) in [4.78, 5) is 22.9. The van der Waals surface area contributed by atoms with Crippen molar-refractivity contribution in [3.63, 3.8) is 0 Å². The smallest absolute Gasteiger partial charge is 0.316 e. The van der Waals surface area contributed by atoms with Gasteiger partial charge in [0.05, 0.1) is 0 Å². The molecule has 0 bridgehead atoms. The highest BCUT2D eigenvalue weighted by molar-refractivity contribution is 5.99. The number of carbonyl (C=O) groups excluding carboxylic acids is 1. The maximum Gasteiger partial charge on any atom is 0.316 e. The number of Topliss-reactive ketones (excluding diaryl/α,β-unsaturated/α-hetero) is 1. The highest BCUT2D eigenvalue weighted by Crippen LogP contribution is 2.26. The van der Waals surface area contributed by atoms with Gasteiger partial charge < -0.3 is 15.3 Å². The molecule has 0 heterocycles. The Morgan fingerprint density at radius 2 is 1.85 bits per heavy atom. The molecule has 20 heavy (non-hydrogen) atoms. The van der Waals surface area contributed by atoms with Crippen LogP contribution < -0.4 is 0 Å². The molecule has 112 valence electrons. The fourth-order valence-corrected chi connectivity index (χ4v) is 2.15. The molecule has 1 aliphatic carbocycles. The number of carboxylic acids is 1. The van der Waals surface area contributed by atoms with E-state index in [-0.39, 0.29) is 11.4 Å². The fraction of sp³-hybridized carbons (Fsp3) is 0.600. The van der Waals surface area contributed by atoms with Gasteiger partial charge in [-0.2, -0.15) is 0 Å². The summed E-state index contributed by atoms with van der Waals surface area (Å²) >= 11 is 0. The molecule has 1 atom stereocenters. The van der Waals surface area contributed by atoms with Crippen molar-refractivity contribution in [1.82, 2.24) is 0 Å². The third kappa shape index (κ3) is 4.58. The Balaban J connectivity index is 2.56. The van der Waals surface area contributed by atoms with Crippen molar-refractivity contribution in [3.8, 4) is 0 Å². The molecule has 5 heteroatoms. The molecule has 3 N–H and O–H groups in total. The van der Waals surface area contributed by atoms with Crippen LogP contribution in [0.15, 0.2) is 23.8 Å². The van der Waals surface area contributed by atoms with Gasteiger partial charge in [0.25, 0.3) is 0 Å². The molecule has 0 saturated heterocycles. The topological polar surface area (TPSA) is 94.8 Å². The van der Waals surface area contributed by atoms with Crippen molar-refractivity contribution in [3.05, 3.63) is 23.8 Å². The highest BCUT2D eigenvalue weighted by Gasteiger charge is 2.39. The second-order valence-electron chi connectivity index (χ2n) is 5.14. The first-order valence-corrected chi connectivity index (χ1v) is 7.00. The van der Waals surface area contributed by atoms with Crippen molar-refractivity contribution in [2.75, 3.05) is 0 Å². The Labute approximate surface area is 118 Å². The second-order valence-corrected chi connectivity index (χ2v) is 5.14. The molecule has 0 saturated carbocycles. The lowest BCUT2D eigenvalue weighted by molar-refractivity contribution is -0.176. The van der Waals surface area contributed by atoms with Gasteiger partial charge in [-0.1, -0.05) is 44.8 Å². The number of rotatable bonds is 8. The number of hydrogen-bond acceptors (Lipinski definition) is 4. The summed E-state index contributed by atoms with van der Waals surface area (Å²) in [6.45, 7) is 2.12. The molecular weight excluding hydrogens is 260 g/mol. The standard InChI is InChI=1S/C15H22O5/c1-2-3-4-5-6-7-13(16)11-8-9-15(19,20)12(10-11)14(17)18/h8-10,12,19-20H,2-7H2,1H3,(H,17,18). The van der Waals surface area contributed by atoms with Gasteiger partial charge in [0.2, 0.25) is 0 Å². The van der Waals surface area contributed by atoms with E-state index >= 15 is 0 Å². The quantitative estimate of drug-likeness (QED) is 0.466. The molecule has 0 fully saturated rings. The molecule has 0 spiro atoms. The van der Waals surface area contributed by atoms with Crippen LogP contribution in [0.25, 0.3) is 0 Å². The summed E-state index contributed by atoms with van der Waals surface area (Å²) in [7, 11) is 0. The van der Waals surface area contributed by atoms with E-state index in [0.29, 0.717) is 6.42 Å². The first-order chi connectivity index (χ1) is 9.38. The van der Waals surface area contributed by atoms with Crippen LogP contribution in [0, 0.1) is 5.92 Å². The lowest BCUT2D eigenvalue weighted by Gasteiger charge is -2.26. The number of hydrogen-bond donors (Lipinski definition) is 3. The first-order valence-electron chi connectivity index (χ1n) is 7.00. The third-order valence-corrected chi connectivity index (χ3v) is 3.41. The highest BCUT2D eigenvalue weighted by atomic mass is 16.5. The predicted molar refractivity (Wildman–Crippen MR) is 73.9 cm³/mol. The number of unbranched alkanes of at least 4 members (excludes halogenated alkanes) is 4. The average Bonchev–Trinajstić information content (AvgIpc) is 2.37. The summed E-state index contributed by atoms with van der Waals surface area (Å²) in [5, 5.41) is 28.0. The van der Waals surface area contributed by atoms with Gasteiger partial charge in [-0.25, -0.2) is 0 Å². The number of carbonyl (C=O) groups is 2. The molecule has 0 aliphatic heterocycles. The minimum Gasteiger partial charge on any atom is -0.481 e. The van der Waals surface area contributed by atoms with E-state index in [0.717, 1.165) is 44.3 Å². The summed E-state index contributed by atoms with van der Waals surface area (Å²) < 4.78 is 0. The zero-order chi connectivity index (χ0) is 15.2. The van der Waals surface area contributed by atoms with Gasteiger partial charge in [0.15, 0.2) is 11.6 Å². The Kier molecular flexibility index (Phi) is 6.10. The Morgan fingerprint density at radius 3 is 2.45 bits per heavy atom. The summed E-state index contributed by atoms with van der Waals surface area (Å²) in [5.41, 5.74) is 0.242. The SMILES string of the molecule is CCCCCCCC(=O)C1=CC(C(=O)O)C(O)(O)C=C1. The van der Waals surface area contributed by atoms with Gasteiger partial charge in [0.1, 0.15) is 5.92 Å². The van der Waals surface area contributed by atoms with E-state index in [4.69, 9.17) is 5.11 Å². The summed E-state index contributed by atoms with van der Waals surface area (Å²) in [6, 6.07) is 0. The number of aliphatic carboxylic acids is 1. The van der Waals surface area contributed by atoms with Crippen molar-refractivity contribution >= 4 is 11.8 Å². The van der Waals surface area contributed by atoms with Crippen LogP contribution in [-0.4, -0.2) is 32.9 Å². The second kappa shape index (κ2) is 7.36. The first kappa shape index (κ1) is 16.6. The maximum absolute atomic E-state index is 11.9. The van der Waals surface area contributed by atoms with Gasteiger partial charge in [-0.3, -0.25) is 9.59 Å². The summed E-state index contributed by atoms with van der Waals surface area (Å²) in [6.07, 6.45) is 8.84. The van der Waals surface area contributed by atoms with Crippen LogP contribution in [0.1, 0.15) is 45.4 Å². The van der Waals surface area contributed by atoms with E-state index in [2.05, 4.69) is 6.92 Å². The lowest BCUT2D eigenvalue weighted by atomic mass is 9.88. The van der Waals surface area contributed by atoms with Crippen LogP contribution in [0.2, 0.25) is 0 Å². The van der Waals surface area contributed by atoms with E-state index in [9.17, 15) is 19.8 Å². The van der Waals surface area contributed by atoms with Gasteiger partial charge >= 0.3 is 5.97 Å². The molecule has 5 nitrogen and oxygen atoms in total.